The molecule has 0 aromatic heterocycles. The number of carbonyl (C=O) groups is 4. The average molecular weight is 607 g/mol. The zero-order valence-corrected chi connectivity index (χ0v) is 23.7. The van der Waals surface area contributed by atoms with Crippen LogP contribution in [-0.4, -0.2) is 57.2 Å². The highest BCUT2D eigenvalue weighted by molar-refractivity contribution is 14.1. The number of amides is 2. The van der Waals surface area contributed by atoms with Gasteiger partial charge in [-0.25, -0.2) is 19.2 Å². The van der Waals surface area contributed by atoms with Crippen LogP contribution in [0.2, 0.25) is 0 Å². The standard InChI is InChI=1S/C24H34INO9/c1-22(2,3)33-19(29)26(20(30)34-23(4,5)6)17(18(27)28)13-14-12-15(10-11-16(14)25)32-21(31)35-24(7,8)9/h10-12,17H,13H2,1-9H3,(H,27,28). The van der Waals surface area contributed by atoms with E-state index in [4.69, 9.17) is 18.9 Å². The highest BCUT2D eigenvalue weighted by Crippen LogP contribution is 2.25. The fourth-order valence-electron chi connectivity index (χ4n) is 2.59. The molecule has 1 rings (SSSR count). The molecule has 0 aliphatic carbocycles. The van der Waals surface area contributed by atoms with E-state index in [1.165, 1.54) is 12.1 Å². The Balaban J connectivity index is 3.35. The zero-order chi connectivity index (χ0) is 27.4. The van der Waals surface area contributed by atoms with Crippen LogP contribution >= 0.6 is 22.6 Å². The summed E-state index contributed by atoms with van der Waals surface area (Å²) in [7, 11) is 0. The van der Waals surface area contributed by atoms with E-state index in [-0.39, 0.29) is 12.2 Å². The Morgan fingerprint density at radius 1 is 0.857 bits per heavy atom. The van der Waals surface area contributed by atoms with Gasteiger partial charge >= 0.3 is 24.3 Å². The van der Waals surface area contributed by atoms with Crippen molar-refractivity contribution in [3.05, 3.63) is 27.3 Å². The van der Waals surface area contributed by atoms with Crippen molar-refractivity contribution < 1.29 is 43.2 Å². The predicted molar refractivity (Wildman–Crippen MR) is 135 cm³/mol. The van der Waals surface area contributed by atoms with Gasteiger partial charge in [0.25, 0.3) is 0 Å². The molecule has 0 fully saturated rings. The monoisotopic (exact) mass is 607 g/mol. The molecule has 1 atom stereocenters. The summed E-state index contributed by atoms with van der Waals surface area (Å²) in [6.07, 6.45) is -3.54. The molecule has 1 aromatic carbocycles. The van der Waals surface area contributed by atoms with Crippen LogP contribution in [-0.2, 0) is 25.4 Å². The van der Waals surface area contributed by atoms with E-state index in [1.54, 1.807) is 68.4 Å². The molecule has 0 heterocycles. The third-order valence-electron chi connectivity index (χ3n) is 3.80. The molecule has 0 saturated carbocycles. The minimum atomic E-state index is -1.66. The number of hydrogen-bond donors (Lipinski definition) is 1. The van der Waals surface area contributed by atoms with Gasteiger partial charge in [0.2, 0.25) is 0 Å². The number of halogens is 1. The van der Waals surface area contributed by atoms with Crippen molar-refractivity contribution >= 4 is 46.9 Å². The van der Waals surface area contributed by atoms with E-state index in [2.05, 4.69) is 0 Å². The van der Waals surface area contributed by atoms with E-state index >= 15 is 0 Å². The van der Waals surface area contributed by atoms with Crippen LogP contribution in [0.4, 0.5) is 14.4 Å². The van der Waals surface area contributed by atoms with Crippen LogP contribution in [0.5, 0.6) is 5.75 Å². The van der Waals surface area contributed by atoms with Gasteiger partial charge in [0.15, 0.2) is 0 Å². The Kier molecular flexibility index (Phi) is 9.96. The maximum atomic E-state index is 12.9. The molecule has 35 heavy (non-hydrogen) atoms. The van der Waals surface area contributed by atoms with E-state index in [9.17, 15) is 24.3 Å². The van der Waals surface area contributed by atoms with Crippen molar-refractivity contribution in [2.45, 2.75) is 91.6 Å². The number of hydrogen-bond acceptors (Lipinski definition) is 8. The van der Waals surface area contributed by atoms with Crippen LogP contribution in [0, 0.1) is 3.57 Å². The van der Waals surface area contributed by atoms with Crippen molar-refractivity contribution in [2.75, 3.05) is 0 Å². The van der Waals surface area contributed by atoms with Crippen molar-refractivity contribution in [3.8, 4) is 5.75 Å². The summed E-state index contributed by atoms with van der Waals surface area (Å²) in [6.45, 7) is 14.6. The second-order valence-corrected chi connectivity index (χ2v) is 11.9. The maximum absolute atomic E-state index is 12.9. The quantitative estimate of drug-likeness (QED) is 0.192. The second-order valence-electron chi connectivity index (χ2n) is 10.7. The van der Waals surface area contributed by atoms with Gasteiger partial charge in [-0.15, -0.1) is 0 Å². The van der Waals surface area contributed by atoms with Crippen molar-refractivity contribution in [1.29, 1.82) is 0 Å². The molecular formula is C24H34INO9. The van der Waals surface area contributed by atoms with Gasteiger partial charge in [-0.3, -0.25) is 0 Å². The number of carbonyl (C=O) groups excluding carboxylic acids is 3. The van der Waals surface area contributed by atoms with Crippen molar-refractivity contribution in [2.24, 2.45) is 0 Å². The highest BCUT2D eigenvalue weighted by atomic mass is 127. The molecule has 0 aliphatic heterocycles. The highest BCUT2D eigenvalue weighted by Gasteiger charge is 2.40. The first-order chi connectivity index (χ1) is 15.7. The molecule has 1 N–H and O–H groups in total. The zero-order valence-electron chi connectivity index (χ0n) is 21.6. The summed E-state index contributed by atoms with van der Waals surface area (Å²) in [6, 6.07) is 2.92. The number of ether oxygens (including phenoxy) is 4. The number of carboxylic acid groups (broad SMARTS) is 1. The van der Waals surface area contributed by atoms with Crippen LogP contribution in [0.1, 0.15) is 67.9 Å². The smallest absolute Gasteiger partial charge is 0.480 e. The lowest BCUT2D eigenvalue weighted by Gasteiger charge is -2.31. The first kappa shape index (κ1) is 30.5. The number of aliphatic carboxylic acids is 1. The summed E-state index contributed by atoms with van der Waals surface area (Å²) in [4.78, 5) is 50.6. The van der Waals surface area contributed by atoms with Gasteiger partial charge in [0, 0.05) is 9.99 Å². The van der Waals surface area contributed by atoms with E-state index in [1.807, 2.05) is 22.6 Å². The lowest BCUT2D eigenvalue weighted by atomic mass is 10.0. The summed E-state index contributed by atoms with van der Waals surface area (Å²) in [5, 5.41) is 9.97. The molecule has 196 valence electrons. The molecule has 0 bridgehead atoms. The fraction of sp³-hybridized carbons (Fsp3) is 0.583. The average Bonchev–Trinajstić information content (AvgIpc) is 2.58. The fourth-order valence-corrected chi connectivity index (χ4v) is 3.14. The largest absolute Gasteiger partial charge is 0.514 e. The maximum Gasteiger partial charge on any atom is 0.514 e. The van der Waals surface area contributed by atoms with Crippen LogP contribution in [0.25, 0.3) is 0 Å². The number of nitrogens with zero attached hydrogens (tertiary/aromatic N) is 1. The number of benzene rings is 1. The molecule has 11 heteroatoms. The molecule has 1 unspecified atom stereocenters. The number of imide groups is 1. The lowest BCUT2D eigenvalue weighted by Crippen LogP contribution is -2.52. The van der Waals surface area contributed by atoms with Gasteiger partial charge < -0.3 is 24.1 Å². The topological polar surface area (TPSA) is 129 Å². The molecule has 0 aliphatic rings. The van der Waals surface area contributed by atoms with Crippen molar-refractivity contribution in [1.82, 2.24) is 4.90 Å². The SMILES string of the molecule is CC(C)(C)OC(=O)Oc1ccc(I)c(CC(C(=O)O)N(C(=O)OC(C)(C)C)C(=O)OC(C)(C)C)c1. The Morgan fingerprint density at radius 2 is 1.31 bits per heavy atom. The van der Waals surface area contributed by atoms with Crippen LogP contribution < -0.4 is 4.74 Å². The lowest BCUT2D eigenvalue weighted by molar-refractivity contribution is -0.143. The van der Waals surface area contributed by atoms with Gasteiger partial charge in [-0.1, -0.05) is 0 Å². The van der Waals surface area contributed by atoms with E-state index in [0.717, 1.165) is 0 Å². The minimum absolute atomic E-state index is 0.111. The summed E-state index contributed by atoms with van der Waals surface area (Å²) < 4.78 is 21.6. The van der Waals surface area contributed by atoms with Crippen LogP contribution in [0.3, 0.4) is 0 Å². The van der Waals surface area contributed by atoms with Gasteiger partial charge in [-0.05, 0) is 109 Å². The first-order valence-electron chi connectivity index (χ1n) is 10.9. The van der Waals surface area contributed by atoms with Crippen LogP contribution in [0.15, 0.2) is 18.2 Å². The van der Waals surface area contributed by atoms with Gasteiger partial charge in [-0.2, -0.15) is 4.90 Å². The summed E-state index contributed by atoms with van der Waals surface area (Å²) in [5.41, 5.74) is -2.33. The second kappa shape index (κ2) is 11.4. The third kappa shape index (κ3) is 11.1. The molecule has 0 radical (unpaired) electrons. The van der Waals surface area contributed by atoms with Crippen molar-refractivity contribution in [3.63, 3.8) is 0 Å². The van der Waals surface area contributed by atoms with Gasteiger partial charge in [0.1, 0.15) is 28.6 Å². The molecule has 0 saturated heterocycles. The molecule has 0 spiro atoms. The Labute approximate surface area is 219 Å². The number of rotatable bonds is 5. The molecule has 10 nitrogen and oxygen atoms in total. The molecule has 2 amide bonds. The normalized spacial score (nSPS) is 12.9. The third-order valence-corrected chi connectivity index (χ3v) is 4.85. The van der Waals surface area contributed by atoms with E-state index < -0.39 is 47.2 Å². The Morgan fingerprint density at radius 3 is 1.71 bits per heavy atom. The number of carboxylic acids is 1. The first-order valence-corrected chi connectivity index (χ1v) is 11.9. The molecule has 1 aromatic rings. The van der Waals surface area contributed by atoms with Gasteiger partial charge in [0.05, 0.1) is 0 Å². The Hall–Kier alpha value is -2.57. The summed E-state index contributed by atoms with van der Waals surface area (Å²) >= 11 is 1.98. The molecular weight excluding hydrogens is 573 g/mol. The van der Waals surface area contributed by atoms with E-state index in [0.29, 0.717) is 14.0 Å². The Bertz CT molecular complexity index is 927. The summed E-state index contributed by atoms with van der Waals surface area (Å²) in [5.74, 6) is -1.34. The predicted octanol–water partition coefficient (Wildman–Crippen LogP) is 5.77. The minimum Gasteiger partial charge on any atom is -0.480 e.